The van der Waals surface area contributed by atoms with Crippen LogP contribution in [0.1, 0.15) is 45.4 Å². The van der Waals surface area contributed by atoms with E-state index in [1.54, 1.807) is 25.1 Å². The van der Waals surface area contributed by atoms with E-state index in [0.29, 0.717) is 16.6 Å². The van der Waals surface area contributed by atoms with Gasteiger partial charge in [0.1, 0.15) is 0 Å². The fourth-order valence-corrected chi connectivity index (χ4v) is 3.24. The van der Waals surface area contributed by atoms with E-state index in [2.05, 4.69) is 15.3 Å². The van der Waals surface area contributed by atoms with Crippen molar-refractivity contribution in [1.29, 1.82) is 0 Å². The molecule has 6 nitrogen and oxygen atoms in total. The van der Waals surface area contributed by atoms with Gasteiger partial charge in [-0.1, -0.05) is 17.7 Å². The van der Waals surface area contributed by atoms with Gasteiger partial charge in [0, 0.05) is 5.69 Å². The van der Waals surface area contributed by atoms with Crippen molar-refractivity contribution in [1.82, 2.24) is 9.97 Å². The van der Waals surface area contributed by atoms with E-state index >= 15 is 0 Å². The predicted octanol–water partition coefficient (Wildman–Crippen LogP) is 4.36. The lowest BCUT2D eigenvalue weighted by Gasteiger charge is -2.17. The number of ether oxygens (including phenoxy) is 1. The molecule has 0 fully saturated rings. The number of esters is 1. The largest absolute Gasteiger partial charge is 0.449 e. The Bertz CT molecular complexity index is 1100. The first-order valence-corrected chi connectivity index (χ1v) is 9.50. The zero-order valence-corrected chi connectivity index (χ0v) is 17.6. The number of hydrogen-bond acceptors (Lipinski definition) is 5. The topological polar surface area (TPSA) is 81.2 Å². The van der Waals surface area contributed by atoms with E-state index in [9.17, 15) is 9.59 Å². The number of nitrogens with zero attached hydrogens (tertiary/aromatic N) is 2. The molecule has 1 heterocycles. The first-order chi connectivity index (χ1) is 13.7. The van der Waals surface area contributed by atoms with Gasteiger partial charge >= 0.3 is 5.97 Å². The molecule has 0 radical (unpaired) electrons. The number of rotatable bonds is 4. The van der Waals surface area contributed by atoms with Crippen LogP contribution in [0.25, 0.3) is 11.0 Å². The molecule has 1 atom stereocenters. The molecule has 1 amide bonds. The summed E-state index contributed by atoms with van der Waals surface area (Å²) in [5.41, 5.74) is 7.11. The molecule has 0 saturated heterocycles. The zero-order valence-electron chi connectivity index (χ0n) is 17.6. The molecule has 150 valence electrons. The number of carbonyl (C=O) groups excluding carboxylic acids is 2. The summed E-state index contributed by atoms with van der Waals surface area (Å²) in [7, 11) is 0. The number of aromatic nitrogens is 2. The first kappa shape index (κ1) is 20.5. The van der Waals surface area contributed by atoms with Crippen LogP contribution in [0, 0.1) is 34.6 Å². The Hall–Kier alpha value is -3.28. The van der Waals surface area contributed by atoms with Crippen LogP contribution in [0.15, 0.2) is 30.3 Å². The summed E-state index contributed by atoms with van der Waals surface area (Å²) >= 11 is 0. The Morgan fingerprint density at radius 3 is 2.10 bits per heavy atom. The smallest absolute Gasteiger partial charge is 0.338 e. The predicted molar refractivity (Wildman–Crippen MR) is 113 cm³/mol. The van der Waals surface area contributed by atoms with Gasteiger partial charge in [-0.3, -0.25) is 4.79 Å². The minimum Gasteiger partial charge on any atom is -0.449 e. The normalized spacial score (nSPS) is 11.9. The Labute approximate surface area is 170 Å². The van der Waals surface area contributed by atoms with Crippen LogP contribution < -0.4 is 5.32 Å². The number of hydrogen-bond donors (Lipinski definition) is 1. The second kappa shape index (κ2) is 7.99. The lowest BCUT2D eigenvalue weighted by molar-refractivity contribution is -0.123. The molecule has 0 aliphatic rings. The average Bonchev–Trinajstić information content (AvgIpc) is 2.64. The lowest BCUT2D eigenvalue weighted by Crippen LogP contribution is -2.30. The third-order valence-corrected chi connectivity index (χ3v) is 4.89. The maximum Gasteiger partial charge on any atom is 0.338 e. The summed E-state index contributed by atoms with van der Waals surface area (Å²) in [4.78, 5) is 34.0. The van der Waals surface area contributed by atoms with Crippen molar-refractivity contribution in [2.45, 2.75) is 47.6 Å². The highest BCUT2D eigenvalue weighted by atomic mass is 16.5. The van der Waals surface area contributed by atoms with E-state index in [0.717, 1.165) is 33.8 Å². The van der Waals surface area contributed by atoms with E-state index in [1.165, 1.54) is 0 Å². The number of nitrogens with one attached hydrogen (secondary N) is 1. The van der Waals surface area contributed by atoms with E-state index < -0.39 is 12.1 Å². The number of fused-ring (bicyclic) bond motifs is 1. The van der Waals surface area contributed by atoms with Crippen molar-refractivity contribution in [3.8, 4) is 0 Å². The van der Waals surface area contributed by atoms with Crippen molar-refractivity contribution in [3.63, 3.8) is 0 Å². The van der Waals surface area contributed by atoms with Gasteiger partial charge in [0.25, 0.3) is 5.91 Å². The Morgan fingerprint density at radius 2 is 1.48 bits per heavy atom. The van der Waals surface area contributed by atoms with Gasteiger partial charge in [-0.05, 0) is 70.9 Å². The van der Waals surface area contributed by atoms with Crippen LogP contribution >= 0.6 is 0 Å². The third-order valence-electron chi connectivity index (χ3n) is 4.89. The Morgan fingerprint density at radius 1 is 0.897 bits per heavy atom. The molecule has 0 saturated carbocycles. The molecular weight excluding hydrogens is 366 g/mol. The molecular formula is C23H25N3O3. The molecule has 0 aliphatic carbocycles. The monoisotopic (exact) mass is 391 g/mol. The lowest BCUT2D eigenvalue weighted by atomic mass is 10.0. The molecule has 29 heavy (non-hydrogen) atoms. The van der Waals surface area contributed by atoms with Crippen LogP contribution in [-0.2, 0) is 9.53 Å². The first-order valence-electron chi connectivity index (χ1n) is 9.50. The summed E-state index contributed by atoms with van der Waals surface area (Å²) in [5.74, 6) is -0.951. The van der Waals surface area contributed by atoms with E-state index in [-0.39, 0.29) is 5.91 Å². The SMILES string of the molecule is Cc1cc(C)c(NC(=O)[C@H](C)OC(=O)c2ccc3nc(C)c(C)nc3c2)c(C)c1. The molecule has 1 N–H and O–H groups in total. The second-order valence-corrected chi connectivity index (χ2v) is 7.41. The van der Waals surface area contributed by atoms with Crippen LogP contribution in [0.5, 0.6) is 0 Å². The Balaban J connectivity index is 1.74. The summed E-state index contributed by atoms with van der Waals surface area (Å²) < 4.78 is 5.38. The molecule has 2 aromatic carbocycles. The van der Waals surface area contributed by atoms with Crippen molar-refractivity contribution in [2.24, 2.45) is 0 Å². The van der Waals surface area contributed by atoms with Gasteiger partial charge in [0.2, 0.25) is 0 Å². The number of aryl methyl sites for hydroxylation is 5. The Kier molecular flexibility index (Phi) is 5.64. The number of amides is 1. The van der Waals surface area contributed by atoms with E-state index in [4.69, 9.17) is 4.74 Å². The fraction of sp³-hybridized carbons (Fsp3) is 0.304. The number of carbonyl (C=O) groups is 2. The number of anilines is 1. The molecule has 6 heteroatoms. The summed E-state index contributed by atoms with van der Waals surface area (Å²) in [6.07, 6.45) is -0.941. The minimum atomic E-state index is -0.941. The van der Waals surface area contributed by atoms with Gasteiger partial charge in [-0.25, -0.2) is 14.8 Å². The van der Waals surface area contributed by atoms with Crippen molar-refractivity contribution >= 4 is 28.6 Å². The van der Waals surface area contributed by atoms with Crippen LogP contribution in [0.3, 0.4) is 0 Å². The molecule has 1 aromatic heterocycles. The van der Waals surface area contributed by atoms with Crippen LogP contribution in [0.2, 0.25) is 0 Å². The highest BCUT2D eigenvalue weighted by Gasteiger charge is 2.21. The molecule has 0 aliphatic heterocycles. The highest BCUT2D eigenvalue weighted by molar-refractivity contribution is 5.99. The molecule has 3 rings (SSSR count). The van der Waals surface area contributed by atoms with Gasteiger partial charge in [0.15, 0.2) is 6.10 Å². The molecule has 0 spiro atoms. The van der Waals surface area contributed by atoms with Crippen LogP contribution in [0.4, 0.5) is 5.69 Å². The number of benzene rings is 2. The van der Waals surface area contributed by atoms with Gasteiger partial charge in [0.05, 0.1) is 28.0 Å². The zero-order chi connectivity index (χ0) is 21.3. The van der Waals surface area contributed by atoms with Gasteiger partial charge < -0.3 is 10.1 Å². The van der Waals surface area contributed by atoms with Gasteiger partial charge in [-0.15, -0.1) is 0 Å². The third kappa shape index (κ3) is 4.42. The molecule has 0 bridgehead atoms. The quantitative estimate of drug-likeness (QED) is 0.669. The maximum atomic E-state index is 12.6. The summed E-state index contributed by atoms with van der Waals surface area (Å²) in [6.45, 7) is 11.2. The van der Waals surface area contributed by atoms with E-state index in [1.807, 2.05) is 46.8 Å². The van der Waals surface area contributed by atoms with Crippen molar-refractivity contribution in [3.05, 3.63) is 64.0 Å². The fourth-order valence-electron chi connectivity index (χ4n) is 3.24. The van der Waals surface area contributed by atoms with Crippen LogP contribution in [-0.4, -0.2) is 27.9 Å². The summed E-state index contributed by atoms with van der Waals surface area (Å²) in [5, 5.41) is 2.87. The molecule has 0 unspecified atom stereocenters. The minimum absolute atomic E-state index is 0.331. The van der Waals surface area contributed by atoms with Gasteiger partial charge in [-0.2, -0.15) is 0 Å². The standard InChI is InChI=1S/C23H25N3O3/c1-12-9-13(2)21(14(3)10-12)26-22(27)17(6)29-23(28)18-7-8-19-20(11-18)25-16(5)15(4)24-19/h7-11,17H,1-6H3,(H,26,27)/t17-/m0/s1. The summed E-state index contributed by atoms with van der Waals surface area (Å²) in [6, 6.07) is 9.00. The molecule has 3 aromatic rings. The van der Waals surface area contributed by atoms with Crippen molar-refractivity contribution < 1.29 is 14.3 Å². The maximum absolute atomic E-state index is 12.6. The van der Waals surface area contributed by atoms with Crippen molar-refractivity contribution in [2.75, 3.05) is 5.32 Å². The highest BCUT2D eigenvalue weighted by Crippen LogP contribution is 2.22. The second-order valence-electron chi connectivity index (χ2n) is 7.41. The average molecular weight is 391 g/mol.